The molecule has 5 rings (SSSR count). The van der Waals surface area contributed by atoms with E-state index in [0.29, 0.717) is 31.9 Å². The van der Waals surface area contributed by atoms with Gasteiger partial charge in [-0.3, -0.25) is 4.79 Å². The van der Waals surface area contributed by atoms with Crippen LogP contribution in [0.25, 0.3) is 10.2 Å². The molecule has 0 bridgehead atoms. The van der Waals surface area contributed by atoms with Crippen LogP contribution in [0.15, 0.2) is 30.6 Å². The number of hydrogen-bond acceptors (Lipinski definition) is 6. The lowest BCUT2D eigenvalue weighted by molar-refractivity contribution is 0.0751. The molecule has 2 aromatic heterocycles. The zero-order chi connectivity index (χ0) is 21.4. The number of nitrogens with zero attached hydrogens (tertiary/aromatic N) is 5. The van der Waals surface area contributed by atoms with Gasteiger partial charge in [0.15, 0.2) is 0 Å². The van der Waals surface area contributed by atoms with E-state index in [1.54, 1.807) is 18.5 Å². The van der Waals surface area contributed by atoms with Gasteiger partial charge < -0.3 is 14.7 Å². The van der Waals surface area contributed by atoms with Crippen LogP contribution >= 0.6 is 11.3 Å². The molecule has 0 saturated carbocycles. The summed E-state index contributed by atoms with van der Waals surface area (Å²) in [6, 6.07) is 6.82. The van der Waals surface area contributed by atoms with E-state index in [1.165, 1.54) is 36.7 Å². The Kier molecular flexibility index (Phi) is 5.48. The van der Waals surface area contributed by atoms with E-state index in [2.05, 4.69) is 14.9 Å². The van der Waals surface area contributed by atoms with E-state index in [9.17, 15) is 9.18 Å². The highest BCUT2D eigenvalue weighted by Crippen LogP contribution is 2.36. The zero-order valence-electron chi connectivity index (χ0n) is 17.7. The minimum Gasteiger partial charge on any atom is -0.366 e. The largest absolute Gasteiger partial charge is 0.366 e. The summed E-state index contributed by atoms with van der Waals surface area (Å²) < 4.78 is 14.1. The topological polar surface area (TPSA) is 52.6 Å². The number of thiophene rings is 1. The average molecular weight is 440 g/mol. The Balaban J connectivity index is 1.37. The molecule has 0 aliphatic carbocycles. The highest BCUT2D eigenvalue weighted by atomic mass is 32.1. The van der Waals surface area contributed by atoms with Crippen LogP contribution in [0.4, 0.5) is 15.9 Å². The fourth-order valence-electron chi connectivity index (χ4n) is 4.60. The number of piperidine rings is 1. The van der Waals surface area contributed by atoms with E-state index in [1.807, 2.05) is 22.8 Å². The van der Waals surface area contributed by atoms with Gasteiger partial charge >= 0.3 is 0 Å². The number of para-hydroxylation sites is 1. The van der Waals surface area contributed by atoms with Crippen LogP contribution in [-0.4, -0.2) is 60.0 Å². The predicted octanol–water partition coefficient (Wildman–Crippen LogP) is 4.09. The highest BCUT2D eigenvalue weighted by molar-refractivity contribution is 7.20. The Hall–Kier alpha value is -2.74. The summed E-state index contributed by atoms with van der Waals surface area (Å²) in [5.74, 6) is 0.784. The van der Waals surface area contributed by atoms with Crippen molar-refractivity contribution in [1.82, 2.24) is 14.9 Å². The molecule has 8 heteroatoms. The van der Waals surface area contributed by atoms with Crippen molar-refractivity contribution < 1.29 is 9.18 Å². The second kappa shape index (κ2) is 8.42. The van der Waals surface area contributed by atoms with Crippen molar-refractivity contribution in [2.75, 3.05) is 49.1 Å². The fraction of sp³-hybridized carbons (Fsp3) is 0.435. The van der Waals surface area contributed by atoms with E-state index in [4.69, 9.17) is 0 Å². The number of aryl methyl sites for hydroxylation is 1. The van der Waals surface area contributed by atoms with Crippen LogP contribution in [0.3, 0.4) is 0 Å². The molecule has 162 valence electrons. The van der Waals surface area contributed by atoms with E-state index >= 15 is 0 Å². The van der Waals surface area contributed by atoms with Gasteiger partial charge in [-0.1, -0.05) is 12.1 Å². The summed E-state index contributed by atoms with van der Waals surface area (Å²) in [4.78, 5) is 30.3. The second-order valence-electron chi connectivity index (χ2n) is 8.21. The number of carbonyl (C=O) groups is 1. The number of fused-ring (bicyclic) bond motifs is 1. The summed E-state index contributed by atoms with van der Waals surface area (Å²) in [6.45, 7) is 6.41. The number of hydrogen-bond donors (Lipinski definition) is 0. The first-order valence-electron chi connectivity index (χ1n) is 10.9. The molecule has 31 heavy (non-hydrogen) atoms. The molecule has 0 unspecified atom stereocenters. The molecule has 0 N–H and O–H groups in total. The third kappa shape index (κ3) is 3.73. The molecule has 0 radical (unpaired) electrons. The van der Waals surface area contributed by atoms with Crippen LogP contribution < -0.4 is 9.80 Å². The van der Waals surface area contributed by atoms with Crippen molar-refractivity contribution in [3.8, 4) is 0 Å². The third-order valence-corrected chi connectivity index (χ3v) is 7.50. The minimum absolute atomic E-state index is 0.0401. The maximum Gasteiger partial charge on any atom is 0.264 e. The maximum atomic E-state index is 14.1. The van der Waals surface area contributed by atoms with Gasteiger partial charge in [-0.05, 0) is 43.9 Å². The van der Waals surface area contributed by atoms with Gasteiger partial charge in [0, 0.05) is 39.3 Å². The van der Waals surface area contributed by atoms with Gasteiger partial charge in [0.2, 0.25) is 0 Å². The van der Waals surface area contributed by atoms with Gasteiger partial charge in [0.05, 0.1) is 16.0 Å². The molecule has 4 heterocycles. The second-order valence-corrected chi connectivity index (χ2v) is 9.21. The molecular formula is C23H26FN5OS. The number of amides is 1. The summed E-state index contributed by atoms with van der Waals surface area (Å²) in [7, 11) is 0. The molecule has 2 aliphatic heterocycles. The lowest BCUT2D eigenvalue weighted by Crippen LogP contribution is -2.49. The highest BCUT2D eigenvalue weighted by Gasteiger charge is 2.28. The Bertz CT molecular complexity index is 1100. The summed E-state index contributed by atoms with van der Waals surface area (Å²) >= 11 is 1.46. The fourth-order valence-corrected chi connectivity index (χ4v) is 5.72. The number of aromatic nitrogens is 2. The van der Waals surface area contributed by atoms with Crippen LogP contribution in [0, 0.1) is 12.7 Å². The van der Waals surface area contributed by atoms with Crippen LogP contribution in [-0.2, 0) is 0 Å². The SMILES string of the molecule is Cc1c(C(=O)N2CCN(c3ccccc3F)CC2)sc2ncnc(N3CCCCC3)c12. The predicted molar refractivity (Wildman–Crippen MR) is 123 cm³/mol. The Labute approximate surface area is 185 Å². The molecule has 1 aromatic carbocycles. The lowest BCUT2D eigenvalue weighted by Gasteiger charge is -2.36. The summed E-state index contributed by atoms with van der Waals surface area (Å²) in [5, 5.41) is 1.02. The smallest absolute Gasteiger partial charge is 0.264 e. The number of halogens is 1. The summed E-state index contributed by atoms with van der Waals surface area (Å²) in [5.41, 5.74) is 1.58. The quantitative estimate of drug-likeness (QED) is 0.615. The van der Waals surface area contributed by atoms with Crippen molar-refractivity contribution in [3.05, 3.63) is 46.9 Å². The first-order chi connectivity index (χ1) is 15.1. The van der Waals surface area contributed by atoms with Crippen molar-refractivity contribution >= 4 is 39.0 Å². The minimum atomic E-state index is -0.216. The third-order valence-electron chi connectivity index (χ3n) is 6.32. The van der Waals surface area contributed by atoms with Crippen LogP contribution in [0.1, 0.15) is 34.5 Å². The standard InChI is InChI=1S/C23H26FN5OS/c1-16-19-21(28-9-5-2-6-10-28)25-15-26-22(19)31-20(16)23(30)29-13-11-27(12-14-29)18-8-4-3-7-17(18)24/h3-4,7-8,15H,2,5-6,9-14H2,1H3. The molecule has 6 nitrogen and oxygen atoms in total. The zero-order valence-corrected chi connectivity index (χ0v) is 18.5. The Morgan fingerprint density at radius 1 is 0.968 bits per heavy atom. The van der Waals surface area contributed by atoms with E-state index in [-0.39, 0.29) is 11.7 Å². The normalized spacial score (nSPS) is 17.4. The first kappa shape index (κ1) is 20.2. The van der Waals surface area contributed by atoms with Gasteiger partial charge in [-0.2, -0.15) is 0 Å². The van der Waals surface area contributed by atoms with Gasteiger partial charge in [-0.15, -0.1) is 11.3 Å². The number of carbonyl (C=O) groups excluding carboxylic acids is 1. The number of rotatable bonds is 3. The molecular weight excluding hydrogens is 413 g/mol. The van der Waals surface area contributed by atoms with Gasteiger partial charge in [0.25, 0.3) is 5.91 Å². The average Bonchev–Trinajstić information content (AvgIpc) is 3.16. The van der Waals surface area contributed by atoms with Crippen molar-refractivity contribution in [2.45, 2.75) is 26.2 Å². The van der Waals surface area contributed by atoms with Crippen molar-refractivity contribution in [1.29, 1.82) is 0 Å². The van der Waals surface area contributed by atoms with Crippen LogP contribution in [0.2, 0.25) is 0 Å². The van der Waals surface area contributed by atoms with Crippen LogP contribution in [0.5, 0.6) is 0 Å². The molecule has 0 atom stereocenters. The number of anilines is 2. The molecule has 2 saturated heterocycles. The van der Waals surface area contributed by atoms with E-state index in [0.717, 1.165) is 39.6 Å². The monoisotopic (exact) mass is 439 g/mol. The van der Waals surface area contributed by atoms with Gasteiger partial charge in [-0.25, -0.2) is 14.4 Å². The maximum absolute atomic E-state index is 14.1. The molecule has 1 amide bonds. The summed E-state index contributed by atoms with van der Waals surface area (Å²) in [6.07, 6.45) is 5.22. The first-order valence-corrected chi connectivity index (χ1v) is 11.7. The Morgan fingerprint density at radius 3 is 2.45 bits per heavy atom. The number of benzene rings is 1. The molecule has 3 aromatic rings. The molecule has 2 fully saturated rings. The van der Waals surface area contributed by atoms with E-state index < -0.39 is 0 Å². The van der Waals surface area contributed by atoms with Crippen molar-refractivity contribution in [3.63, 3.8) is 0 Å². The van der Waals surface area contributed by atoms with Gasteiger partial charge in [0.1, 0.15) is 22.8 Å². The molecule has 2 aliphatic rings. The molecule has 0 spiro atoms. The lowest BCUT2D eigenvalue weighted by atomic mass is 10.1. The number of piperazine rings is 1. The Morgan fingerprint density at radius 2 is 1.71 bits per heavy atom. The van der Waals surface area contributed by atoms with Crippen molar-refractivity contribution in [2.24, 2.45) is 0 Å².